The Balaban J connectivity index is 1.50. The molecule has 1 aromatic carbocycles. The van der Waals surface area contributed by atoms with Gasteiger partial charge in [0.1, 0.15) is 5.82 Å². The molecule has 3 aromatic heterocycles. The number of pyridine rings is 1. The van der Waals surface area contributed by atoms with Crippen molar-refractivity contribution in [2.24, 2.45) is 5.92 Å². The van der Waals surface area contributed by atoms with Crippen molar-refractivity contribution in [2.45, 2.75) is 17.5 Å². The van der Waals surface area contributed by atoms with Crippen LogP contribution >= 0.6 is 11.6 Å². The lowest BCUT2D eigenvalue weighted by Crippen LogP contribution is -2.60. The molecule has 1 unspecified atom stereocenters. The number of halogens is 1. The van der Waals surface area contributed by atoms with E-state index in [0.29, 0.717) is 22.9 Å². The Kier molecular flexibility index (Phi) is 3.39. The first kappa shape index (κ1) is 17.2. The number of benzene rings is 1. The highest BCUT2D eigenvalue weighted by Crippen LogP contribution is 2.41. The van der Waals surface area contributed by atoms with Gasteiger partial charge in [-0.05, 0) is 24.3 Å². The van der Waals surface area contributed by atoms with Gasteiger partial charge in [-0.25, -0.2) is 18.1 Å². The van der Waals surface area contributed by atoms with Crippen molar-refractivity contribution in [3.63, 3.8) is 0 Å². The van der Waals surface area contributed by atoms with Crippen LogP contribution < -0.4 is 5.01 Å². The molecule has 8 nitrogen and oxygen atoms in total. The van der Waals surface area contributed by atoms with Gasteiger partial charge in [-0.2, -0.15) is 5.10 Å². The van der Waals surface area contributed by atoms with Gasteiger partial charge in [0, 0.05) is 47.8 Å². The summed E-state index contributed by atoms with van der Waals surface area (Å²) in [5, 5.41) is 8.11. The lowest BCUT2D eigenvalue weighted by molar-refractivity contribution is 0.208. The van der Waals surface area contributed by atoms with Crippen LogP contribution in [-0.4, -0.2) is 52.2 Å². The van der Waals surface area contributed by atoms with E-state index in [9.17, 15) is 8.42 Å². The van der Waals surface area contributed by atoms with E-state index in [1.807, 2.05) is 18.2 Å². The number of nitrogens with zero attached hydrogens (tertiary/aromatic N) is 6. The van der Waals surface area contributed by atoms with Crippen molar-refractivity contribution in [3.8, 4) is 0 Å². The van der Waals surface area contributed by atoms with Crippen LogP contribution in [0.2, 0.25) is 5.02 Å². The van der Waals surface area contributed by atoms with Crippen molar-refractivity contribution in [2.75, 3.05) is 24.4 Å². The zero-order valence-electron chi connectivity index (χ0n) is 15.5. The Bertz CT molecular complexity index is 1400. The molecule has 3 aliphatic rings. The molecule has 10 heteroatoms. The van der Waals surface area contributed by atoms with Crippen LogP contribution in [-0.2, 0) is 16.4 Å². The van der Waals surface area contributed by atoms with Crippen molar-refractivity contribution in [3.05, 3.63) is 47.5 Å². The fraction of sp³-hybridized carbons (Fsp3) is 0.316. The van der Waals surface area contributed by atoms with E-state index in [-0.39, 0.29) is 10.9 Å². The molecule has 0 radical (unpaired) electrons. The maximum absolute atomic E-state index is 12.2. The Hall–Kier alpha value is -2.65. The maximum Gasteiger partial charge on any atom is 0.195 e. The van der Waals surface area contributed by atoms with Crippen LogP contribution in [0.3, 0.4) is 0 Å². The predicted molar refractivity (Wildman–Crippen MR) is 110 cm³/mol. The SMILES string of the molecule is CS(=O)(=O)c1nn(CC2c3nc4cc(Cl)ccc4n3N3CC2C3)c2cnccc12. The lowest BCUT2D eigenvalue weighted by Gasteiger charge is -2.50. The van der Waals surface area contributed by atoms with Crippen LogP contribution in [0, 0.1) is 5.92 Å². The molecule has 29 heavy (non-hydrogen) atoms. The van der Waals surface area contributed by atoms with E-state index in [4.69, 9.17) is 16.6 Å². The van der Waals surface area contributed by atoms with Crippen LogP contribution in [0.25, 0.3) is 21.9 Å². The molecular formula is C19H17ClN6O2S. The number of rotatable bonds is 3. The molecule has 0 amide bonds. The van der Waals surface area contributed by atoms with Gasteiger partial charge in [-0.3, -0.25) is 9.67 Å². The fourth-order valence-electron chi connectivity index (χ4n) is 4.53. The van der Waals surface area contributed by atoms with E-state index >= 15 is 0 Å². The van der Waals surface area contributed by atoms with Gasteiger partial charge in [0.25, 0.3) is 0 Å². The molecule has 4 aromatic rings. The second-order valence-electron chi connectivity index (χ2n) is 7.81. The van der Waals surface area contributed by atoms with Gasteiger partial charge in [-0.1, -0.05) is 11.6 Å². The third-order valence-electron chi connectivity index (χ3n) is 5.93. The summed E-state index contributed by atoms with van der Waals surface area (Å²) >= 11 is 6.17. The van der Waals surface area contributed by atoms with Gasteiger partial charge in [0.05, 0.1) is 29.3 Å². The van der Waals surface area contributed by atoms with Crippen LogP contribution in [0.5, 0.6) is 0 Å². The van der Waals surface area contributed by atoms with Crippen LogP contribution in [0.1, 0.15) is 11.7 Å². The first-order chi connectivity index (χ1) is 13.9. The van der Waals surface area contributed by atoms with Gasteiger partial charge in [0.2, 0.25) is 0 Å². The fourth-order valence-corrected chi connectivity index (χ4v) is 5.52. The molecule has 0 saturated carbocycles. The van der Waals surface area contributed by atoms with E-state index in [1.54, 1.807) is 23.1 Å². The quantitative estimate of drug-likeness (QED) is 0.497. The summed E-state index contributed by atoms with van der Waals surface area (Å²) in [4.78, 5) is 9.05. The number of imidazole rings is 1. The van der Waals surface area contributed by atoms with Crippen molar-refractivity contribution in [1.29, 1.82) is 0 Å². The molecule has 0 N–H and O–H groups in total. The van der Waals surface area contributed by atoms with Gasteiger partial charge in [-0.15, -0.1) is 0 Å². The van der Waals surface area contributed by atoms with Gasteiger partial charge in [0.15, 0.2) is 14.9 Å². The minimum atomic E-state index is -3.44. The average Bonchev–Trinajstić information content (AvgIpc) is 3.19. The maximum atomic E-state index is 12.2. The number of aromatic nitrogens is 5. The number of hydrogen-bond acceptors (Lipinski definition) is 6. The summed E-state index contributed by atoms with van der Waals surface area (Å²) in [6.45, 7) is 2.44. The summed E-state index contributed by atoms with van der Waals surface area (Å²) in [6, 6.07) is 7.47. The second-order valence-corrected chi connectivity index (χ2v) is 10.2. The van der Waals surface area contributed by atoms with Crippen molar-refractivity contribution >= 4 is 43.4 Å². The first-order valence-corrected chi connectivity index (χ1v) is 11.6. The zero-order valence-corrected chi connectivity index (χ0v) is 17.1. The summed E-state index contributed by atoms with van der Waals surface area (Å²) in [6.07, 6.45) is 4.46. The van der Waals surface area contributed by atoms with E-state index in [1.165, 1.54) is 6.26 Å². The molecule has 148 valence electrons. The molecule has 7 rings (SSSR count). The average molecular weight is 429 g/mol. The predicted octanol–water partition coefficient (Wildman–Crippen LogP) is 2.20. The molecular weight excluding hydrogens is 412 g/mol. The second kappa shape index (κ2) is 5.70. The molecule has 0 spiro atoms. The highest BCUT2D eigenvalue weighted by atomic mass is 35.5. The summed E-state index contributed by atoms with van der Waals surface area (Å²) < 4.78 is 28.4. The molecule has 0 aliphatic carbocycles. The van der Waals surface area contributed by atoms with Crippen LogP contribution in [0.15, 0.2) is 41.7 Å². The highest BCUT2D eigenvalue weighted by molar-refractivity contribution is 7.90. The Morgan fingerprint density at radius 1 is 1.21 bits per heavy atom. The molecule has 1 fully saturated rings. The Morgan fingerprint density at radius 3 is 2.83 bits per heavy atom. The largest absolute Gasteiger partial charge is 0.310 e. The van der Waals surface area contributed by atoms with Gasteiger partial charge < -0.3 is 5.01 Å². The topological polar surface area (TPSA) is 85.9 Å². The third kappa shape index (κ3) is 2.43. The lowest BCUT2D eigenvalue weighted by atomic mass is 9.84. The van der Waals surface area contributed by atoms with E-state index in [2.05, 4.69) is 19.8 Å². The molecule has 6 heterocycles. The zero-order chi connectivity index (χ0) is 19.9. The highest BCUT2D eigenvalue weighted by Gasteiger charge is 2.44. The summed E-state index contributed by atoms with van der Waals surface area (Å²) in [7, 11) is -3.44. The van der Waals surface area contributed by atoms with Gasteiger partial charge >= 0.3 is 0 Å². The third-order valence-corrected chi connectivity index (χ3v) is 7.17. The smallest absolute Gasteiger partial charge is 0.195 e. The number of hydrogen-bond donors (Lipinski definition) is 0. The Labute approximate surface area is 171 Å². The molecule has 2 bridgehead atoms. The minimum Gasteiger partial charge on any atom is -0.310 e. The number of fused-ring (bicyclic) bond motifs is 2. The van der Waals surface area contributed by atoms with E-state index in [0.717, 1.165) is 35.5 Å². The number of sulfone groups is 1. The molecule has 1 atom stereocenters. The summed E-state index contributed by atoms with van der Waals surface area (Å²) in [5.41, 5.74) is 2.63. The van der Waals surface area contributed by atoms with Crippen molar-refractivity contribution < 1.29 is 8.42 Å². The molecule has 3 aliphatic heterocycles. The van der Waals surface area contributed by atoms with Crippen molar-refractivity contribution in [1.82, 2.24) is 24.4 Å². The van der Waals surface area contributed by atoms with E-state index < -0.39 is 9.84 Å². The summed E-state index contributed by atoms with van der Waals surface area (Å²) in [5.74, 6) is 1.55. The molecule has 1 saturated heterocycles. The first-order valence-electron chi connectivity index (χ1n) is 9.34. The normalized spacial score (nSPS) is 20.8. The standard InChI is InChI=1S/C19H17ClN6O2S/c1-29(27,28)19-13-4-5-21-7-17(13)25(23-19)10-14-11-8-24(9-11)26-16-3-2-12(20)6-15(16)22-18(14)26/h2-7,11,14H,8-10H2,1H3. The monoisotopic (exact) mass is 428 g/mol. The minimum absolute atomic E-state index is 0.0984. The van der Waals surface area contributed by atoms with Crippen LogP contribution in [0.4, 0.5) is 0 Å². The Morgan fingerprint density at radius 2 is 2.03 bits per heavy atom.